The van der Waals surface area contributed by atoms with Gasteiger partial charge in [0.1, 0.15) is 5.82 Å². The van der Waals surface area contributed by atoms with Gasteiger partial charge in [0.05, 0.1) is 5.69 Å². The van der Waals surface area contributed by atoms with Crippen LogP contribution in [0.15, 0.2) is 48.5 Å². The lowest BCUT2D eigenvalue weighted by Gasteiger charge is -2.12. The summed E-state index contributed by atoms with van der Waals surface area (Å²) in [6.07, 6.45) is 3.67. The van der Waals surface area contributed by atoms with E-state index in [1.807, 2.05) is 53.0 Å². The second-order valence-electron chi connectivity index (χ2n) is 6.92. The molecule has 0 saturated carbocycles. The van der Waals surface area contributed by atoms with Gasteiger partial charge in [-0.1, -0.05) is 41.4 Å². The summed E-state index contributed by atoms with van der Waals surface area (Å²) in [6.45, 7) is 0. The summed E-state index contributed by atoms with van der Waals surface area (Å²) in [5.74, 6) is 2.27. The molecule has 0 unspecified atom stereocenters. The highest BCUT2D eigenvalue weighted by Crippen LogP contribution is 2.31. The van der Waals surface area contributed by atoms with E-state index in [1.54, 1.807) is 0 Å². The molecule has 0 fully saturated rings. The van der Waals surface area contributed by atoms with Crippen LogP contribution in [-0.2, 0) is 19.3 Å². The molecule has 0 atom stereocenters. The van der Waals surface area contributed by atoms with Crippen molar-refractivity contribution in [1.29, 1.82) is 0 Å². The van der Waals surface area contributed by atoms with Crippen LogP contribution in [0.3, 0.4) is 0 Å². The molecule has 1 aliphatic rings. The first-order valence-electron chi connectivity index (χ1n) is 9.20. The van der Waals surface area contributed by atoms with Crippen LogP contribution in [0.25, 0.3) is 5.78 Å². The van der Waals surface area contributed by atoms with Gasteiger partial charge in [0.25, 0.3) is 5.78 Å². The number of aryl methyl sites for hydroxylation is 1. The Morgan fingerprint density at radius 3 is 2.64 bits per heavy atom. The molecule has 0 saturated heterocycles. The largest absolute Gasteiger partial charge is 0.340 e. The lowest BCUT2D eigenvalue weighted by atomic mass is 10.1. The number of fused-ring (bicyclic) bond motifs is 2. The van der Waals surface area contributed by atoms with Crippen molar-refractivity contribution in [3.63, 3.8) is 0 Å². The Morgan fingerprint density at radius 2 is 1.82 bits per heavy atom. The molecule has 0 spiro atoms. The van der Waals surface area contributed by atoms with Crippen LogP contribution in [-0.4, -0.2) is 19.6 Å². The molecule has 0 radical (unpaired) electrons. The SMILES string of the molecule is Clc1ccc(Cc2nc3nc4c(c(Nc5cccc(Cl)c5)n3n2)CCC4)cc1. The molecule has 7 heteroatoms. The summed E-state index contributed by atoms with van der Waals surface area (Å²) in [7, 11) is 0. The van der Waals surface area contributed by atoms with Gasteiger partial charge in [-0.3, -0.25) is 0 Å². The Labute approximate surface area is 172 Å². The fourth-order valence-electron chi connectivity index (χ4n) is 3.61. The van der Waals surface area contributed by atoms with Crippen LogP contribution in [0.5, 0.6) is 0 Å². The van der Waals surface area contributed by atoms with E-state index in [2.05, 4.69) is 10.3 Å². The van der Waals surface area contributed by atoms with E-state index in [1.165, 1.54) is 5.56 Å². The smallest absolute Gasteiger partial charge is 0.254 e. The van der Waals surface area contributed by atoms with Crippen LogP contribution in [0.2, 0.25) is 10.0 Å². The number of nitrogens with one attached hydrogen (secondary N) is 1. The number of rotatable bonds is 4. The van der Waals surface area contributed by atoms with Gasteiger partial charge in [-0.25, -0.2) is 4.98 Å². The maximum atomic E-state index is 6.16. The Kier molecular flexibility index (Phi) is 4.41. The van der Waals surface area contributed by atoms with Gasteiger partial charge in [0.2, 0.25) is 0 Å². The molecule has 5 rings (SSSR count). The zero-order chi connectivity index (χ0) is 19.1. The van der Waals surface area contributed by atoms with Crippen molar-refractivity contribution in [3.05, 3.63) is 81.2 Å². The van der Waals surface area contributed by atoms with Crippen molar-refractivity contribution < 1.29 is 0 Å². The Hall–Kier alpha value is -2.63. The number of hydrogen-bond donors (Lipinski definition) is 1. The average molecular weight is 410 g/mol. The van der Waals surface area contributed by atoms with Gasteiger partial charge in [-0.2, -0.15) is 9.50 Å². The summed E-state index contributed by atoms with van der Waals surface area (Å²) >= 11 is 12.1. The van der Waals surface area contributed by atoms with E-state index >= 15 is 0 Å². The number of nitrogens with zero attached hydrogens (tertiary/aromatic N) is 4. The molecule has 2 aromatic carbocycles. The molecule has 1 N–H and O–H groups in total. The van der Waals surface area contributed by atoms with Gasteiger partial charge in [0, 0.05) is 27.7 Å². The highest BCUT2D eigenvalue weighted by molar-refractivity contribution is 6.31. The van der Waals surface area contributed by atoms with E-state index in [0.29, 0.717) is 17.2 Å². The van der Waals surface area contributed by atoms with Gasteiger partial charge in [-0.05, 0) is 55.2 Å². The quantitative estimate of drug-likeness (QED) is 0.499. The fourth-order valence-corrected chi connectivity index (χ4v) is 3.93. The zero-order valence-electron chi connectivity index (χ0n) is 15.0. The highest BCUT2D eigenvalue weighted by Gasteiger charge is 2.22. The lowest BCUT2D eigenvalue weighted by molar-refractivity contribution is 0.885. The van der Waals surface area contributed by atoms with Crippen LogP contribution < -0.4 is 5.32 Å². The molecular weight excluding hydrogens is 393 g/mol. The van der Waals surface area contributed by atoms with E-state index in [-0.39, 0.29) is 0 Å². The van der Waals surface area contributed by atoms with Crippen molar-refractivity contribution in [2.24, 2.45) is 0 Å². The normalized spacial score (nSPS) is 13.1. The van der Waals surface area contributed by atoms with Crippen molar-refractivity contribution in [3.8, 4) is 0 Å². The van der Waals surface area contributed by atoms with E-state index in [9.17, 15) is 0 Å². The molecular formula is C21H17Cl2N5. The van der Waals surface area contributed by atoms with E-state index < -0.39 is 0 Å². The third-order valence-electron chi connectivity index (χ3n) is 4.92. The van der Waals surface area contributed by atoms with E-state index in [0.717, 1.165) is 52.9 Å². The zero-order valence-corrected chi connectivity index (χ0v) is 16.5. The first-order chi connectivity index (χ1) is 13.7. The highest BCUT2D eigenvalue weighted by atomic mass is 35.5. The Balaban J connectivity index is 1.57. The standard InChI is InChI=1S/C21H17Cl2N5/c22-14-9-7-13(8-10-14)11-19-26-21-25-18-6-2-5-17(18)20(28(21)27-19)24-16-4-1-3-15(23)12-16/h1,3-4,7-10,12,24H,2,5-6,11H2. The molecule has 0 amide bonds. The van der Waals surface area contributed by atoms with Gasteiger partial charge in [-0.15, -0.1) is 5.10 Å². The number of benzene rings is 2. The predicted octanol–water partition coefficient (Wildman–Crippen LogP) is 5.25. The van der Waals surface area contributed by atoms with Crippen LogP contribution in [0.1, 0.15) is 29.1 Å². The molecule has 0 bridgehead atoms. The number of aromatic nitrogens is 4. The number of halogens is 2. The van der Waals surface area contributed by atoms with Crippen molar-refractivity contribution >= 4 is 40.5 Å². The molecule has 28 heavy (non-hydrogen) atoms. The third-order valence-corrected chi connectivity index (χ3v) is 5.41. The summed E-state index contributed by atoms with van der Waals surface area (Å²) in [5, 5.41) is 9.64. The maximum absolute atomic E-state index is 6.16. The Morgan fingerprint density at radius 1 is 0.964 bits per heavy atom. The molecule has 2 aromatic heterocycles. The summed E-state index contributed by atoms with van der Waals surface area (Å²) in [6, 6.07) is 15.4. The second kappa shape index (κ2) is 7.08. The van der Waals surface area contributed by atoms with Crippen LogP contribution in [0, 0.1) is 0 Å². The molecule has 0 aliphatic heterocycles. The molecule has 4 aromatic rings. The molecule has 140 valence electrons. The minimum atomic E-state index is 0.620. The second-order valence-corrected chi connectivity index (χ2v) is 7.79. The van der Waals surface area contributed by atoms with Gasteiger partial charge >= 0.3 is 0 Å². The maximum Gasteiger partial charge on any atom is 0.254 e. The minimum absolute atomic E-state index is 0.620. The first-order valence-corrected chi connectivity index (χ1v) is 9.96. The fraction of sp³-hybridized carbons (Fsp3) is 0.190. The van der Waals surface area contributed by atoms with Crippen molar-refractivity contribution in [2.45, 2.75) is 25.7 Å². The average Bonchev–Trinajstić information content (AvgIpc) is 3.30. The molecule has 1 aliphatic carbocycles. The summed E-state index contributed by atoms with van der Waals surface area (Å²) in [5.41, 5.74) is 4.33. The predicted molar refractivity (Wildman–Crippen MR) is 112 cm³/mol. The molecule has 5 nitrogen and oxygen atoms in total. The van der Waals surface area contributed by atoms with Crippen LogP contribution in [0.4, 0.5) is 11.5 Å². The van der Waals surface area contributed by atoms with Gasteiger partial charge in [0.15, 0.2) is 5.82 Å². The topological polar surface area (TPSA) is 55.1 Å². The van der Waals surface area contributed by atoms with Gasteiger partial charge < -0.3 is 5.32 Å². The monoisotopic (exact) mass is 409 g/mol. The first kappa shape index (κ1) is 17.5. The number of hydrogen-bond acceptors (Lipinski definition) is 4. The van der Waals surface area contributed by atoms with Crippen molar-refractivity contribution in [2.75, 3.05) is 5.32 Å². The third kappa shape index (κ3) is 3.32. The summed E-state index contributed by atoms with van der Waals surface area (Å²) in [4.78, 5) is 9.42. The molecule has 2 heterocycles. The lowest BCUT2D eigenvalue weighted by Crippen LogP contribution is -2.07. The number of anilines is 2. The summed E-state index contributed by atoms with van der Waals surface area (Å²) < 4.78 is 1.82. The van der Waals surface area contributed by atoms with Crippen molar-refractivity contribution in [1.82, 2.24) is 19.6 Å². The van der Waals surface area contributed by atoms with E-state index in [4.69, 9.17) is 33.3 Å². The minimum Gasteiger partial charge on any atom is -0.340 e. The Bertz CT molecular complexity index is 1170. The van der Waals surface area contributed by atoms with Crippen LogP contribution >= 0.6 is 23.2 Å².